The van der Waals surface area contributed by atoms with Crippen LogP contribution in [0.5, 0.6) is 0 Å². The van der Waals surface area contributed by atoms with Crippen LogP contribution < -0.4 is 15.5 Å². The summed E-state index contributed by atoms with van der Waals surface area (Å²) in [5.74, 6) is -0.547. The topological polar surface area (TPSA) is 83.7 Å². The van der Waals surface area contributed by atoms with Gasteiger partial charge in [-0.3, -0.25) is 4.79 Å². The summed E-state index contributed by atoms with van der Waals surface area (Å²) in [7, 11) is 4.05. The molecule has 2 atom stereocenters. The smallest absolute Gasteiger partial charge is 0.318 e. The van der Waals surface area contributed by atoms with Crippen molar-refractivity contribution in [2.24, 2.45) is 0 Å². The number of urea groups is 1. The van der Waals surface area contributed by atoms with E-state index in [0.29, 0.717) is 13.1 Å². The number of carbonyl (C=O) groups is 2. The molecule has 1 aliphatic rings. The van der Waals surface area contributed by atoms with E-state index in [1.807, 2.05) is 86.0 Å². The number of thiophene rings is 1. The van der Waals surface area contributed by atoms with Crippen molar-refractivity contribution in [2.45, 2.75) is 25.4 Å². The molecule has 0 saturated carbocycles. The summed E-state index contributed by atoms with van der Waals surface area (Å²) in [5.41, 5.74) is 5.93. The minimum atomic E-state index is -0.808. The number of rotatable bonds is 9. The quantitative estimate of drug-likeness (QED) is 0.173. The second kappa shape index (κ2) is 13.6. The first-order valence-electron chi connectivity index (χ1n) is 15.4. The molecule has 1 fully saturated rings. The summed E-state index contributed by atoms with van der Waals surface area (Å²) >= 11 is 1.63. The average molecular weight is 621 g/mol. The fourth-order valence-electron chi connectivity index (χ4n) is 6.11. The molecular weight excluding hydrogens is 581 g/mol. The van der Waals surface area contributed by atoms with Crippen molar-refractivity contribution in [1.82, 2.24) is 20.1 Å². The molecule has 232 valence electrons. The molecule has 0 spiro atoms. The highest BCUT2D eigenvalue weighted by Crippen LogP contribution is 2.34. The number of H-pyrrole nitrogens is 1. The van der Waals surface area contributed by atoms with Crippen LogP contribution in [0.15, 0.2) is 96.5 Å². The van der Waals surface area contributed by atoms with Gasteiger partial charge in [0, 0.05) is 77.6 Å². The Kier molecular flexibility index (Phi) is 9.18. The molecule has 6 rings (SSSR count). The molecule has 3 N–H and O–H groups in total. The molecule has 3 amide bonds. The molecule has 1 aliphatic heterocycles. The number of fused-ring (bicyclic) bond motifs is 1. The van der Waals surface area contributed by atoms with Gasteiger partial charge in [-0.25, -0.2) is 4.79 Å². The van der Waals surface area contributed by atoms with Gasteiger partial charge in [-0.2, -0.15) is 0 Å². The van der Waals surface area contributed by atoms with Gasteiger partial charge in [0.05, 0.1) is 0 Å². The standard InChI is InChI=1S/C36H40N6O2S/c1-25(30-23-37-31-13-8-7-12-28(30)31)34(39-36(44)42-19-17-41(18-20-42)27-10-5-4-6-11-27)35(43)38-32-22-26(24-40(2)3)15-16-29(32)33-14-9-21-45-33/h4-16,21-23,25,34,37H,17-20,24H2,1-3H3,(H,38,43)(H,39,44)/t25-,34-/m1/s1. The molecule has 0 aliphatic carbocycles. The van der Waals surface area contributed by atoms with Crippen LogP contribution in [0, 0.1) is 0 Å². The normalized spacial score (nSPS) is 14.8. The molecule has 8 nitrogen and oxygen atoms in total. The highest BCUT2D eigenvalue weighted by atomic mass is 32.1. The lowest BCUT2D eigenvalue weighted by atomic mass is 9.92. The third-order valence-corrected chi connectivity index (χ3v) is 9.39. The fourth-order valence-corrected chi connectivity index (χ4v) is 6.88. The van der Waals surface area contributed by atoms with Crippen LogP contribution in [0.3, 0.4) is 0 Å². The number of benzene rings is 3. The molecule has 3 heterocycles. The molecule has 3 aromatic carbocycles. The number of nitrogens with one attached hydrogen (secondary N) is 3. The largest absolute Gasteiger partial charge is 0.368 e. The van der Waals surface area contributed by atoms with Gasteiger partial charge in [0.15, 0.2) is 0 Å². The number of carbonyl (C=O) groups excluding carboxylic acids is 2. The van der Waals surface area contributed by atoms with Gasteiger partial charge >= 0.3 is 6.03 Å². The number of anilines is 2. The zero-order valence-electron chi connectivity index (χ0n) is 26.0. The molecule has 9 heteroatoms. The van der Waals surface area contributed by atoms with Crippen molar-refractivity contribution in [2.75, 3.05) is 50.5 Å². The number of hydrogen-bond donors (Lipinski definition) is 3. The van der Waals surface area contributed by atoms with Crippen molar-refractivity contribution in [3.8, 4) is 10.4 Å². The van der Waals surface area contributed by atoms with Gasteiger partial charge in [-0.05, 0) is 60.9 Å². The zero-order chi connectivity index (χ0) is 31.3. The Morgan fingerprint density at radius 2 is 1.69 bits per heavy atom. The maximum atomic E-state index is 14.3. The lowest BCUT2D eigenvalue weighted by Crippen LogP contribution is -2.56. The van der Waals surface area contributed by atoms with Gasteiger partial charge in [0.2, 0.25) is 5.91 Å². The van der Waals surface area contributed by atoms with Gasteiger partial charge in [-0.15, -0.1) is 11.3 Å². The van der Waals surface area contributed by atoms with E-state index in [-0.39, 0.29) is 17.9 Å². The van der Waals surface area contributed by atoms with Crippen molar-refractivity contribution in [3.05, 3.63) is 108 Å². The molecule has 1 saturated heterocycles. The second-order valence-corrected chi connectivity index (χ2v) is 12.8. The molecule has 2 aromatic heterocycles. The van der Waals surface area contributed by atoms with Gasteiger partial charge in [0.25, 0.3) is 0 Å². The number of piperazine rings is 1. The number of para-hydroxylation sites is 2. The van der Waals surface area contributed by atoms with Crippen molar-refractivity contribution >= 4 is 45.6 Å². The Bertz CT molecular complexity index is 1740. The summed E-state index contributed by atoms with van der Waals surface area (Å²) in [5, 5.41) is 9.47. The monoisotopic (exact) mass is 620 g/mol. The van der Waals surface area contributed by atoms with E-state index < -0.39 is 6.04 Å². The van der Waals surface area contributed by atoms with Gasteiger partial charge < -0.3 is 30.3 Å². The van der Waals surface area contributed by atoms with E-state index in [9.17, 15) is 9.59 Å². The highest BCUT2D eigenvalue weighted by Gasteiger charge is 2.32. The lowest BCUT2D eigenvalue weighted by Gasteiger charge is -2.37. The van der Waals surface area contributed by atoms with E-state index in [2.05, 4.69) is 61.8 Å². The van der Waals surface area contributed by atoms with Crippen LogP contribution in [0.2, 0.25) is 0 Å². The molecule has 0 radical (unpaired) electrons. The van der Waals surface area contributed by atoms with E-state index in [4.69, 9.17) is 0 Å². The van der Waals surface area contributed by atoms with Crippen molar-refractivity contribution < 1.29 is 9.59 Å². The Balaban J connectivity index is 1.27. The number of aromatic nitrogens is 1. The number of amides is 3. The number of nitrogens with zero attached hydrogens (tertiary/aromatic N) is 3. The molecule has 0 bridgehead atoms. The van der Waals surface area contributed by atoms with E-state index in [1.54, 1.807) is 11.3 Å². The Labute approximate surface area is 268 Å². The SMILES string of the molecule is C[C@H](c1c[nH]c2ccccc12)[C@@H](NC(=O)N1CCN(c2ccccc2)CC1)C(=O)Nc1cc(CN(C)C)ccc1-c1cccs1. The summed E-state index contributed by atoms with van der Waals surface area (Å²) in [6, 6.07) is 27.6. The Hall–Kier alpha value is -4.60. The lowest BCUT2D eigenvalue weighted by molar-refractivity contribution is -0.118. The summed E-state index contributed by atoms with van der Waals surface area (Å²) < 4.78 is 0. The van der Waals surface area contributed by atoms with Crippen molar-refractivity contribution in [3.63, 3.8) is 0 Å². The minimum Gasteiger partial charge on any atom is -0.368 e. The maximum absolute atomic E-state index is 14.3. The third kappa shape index (κ3) is 6.90. The predicted octanol–water partition coefficient (Wildman–Crippen LogP) is 6.60. The highest BCUT2D eigenvalue weighted by molar-refractivity contribution is 7.13. The van der Waals surface area contributed by atoms with Crippen molar-refractivity contribution in [1.29, 1.82) is 0 Å². The van der Waals surface area contributed by atoms with Crippen LogP contribution in [-0.4, -0.2) is 73.0 Å². The summed E-state index contributed by atoms with van der Waals surface area (Å²) in [4.78, 5) is 38.7. The van der Waals surface area contributed by atoms with Crippen LogP contribution in [0.25, 0.3) is 21.3 Å². The van der Waals surface area contributed by atoms with E-state index >= 15 is 0 Å². The third-order valence-electron chi connectivity index (χ3n) is 8.49. The predicted molar refractivity (Wildman–Crippen MR) is 185 cm³/mol. The molecule has 45 heavy (non-hydrogen) atoms. The first-order chi connectivity index (χ1) is 21.9. The molecular formula is C36H40N6O2S. The second-order valence-electron chi connectivity index (χ2n) is 11.9. The molecule has 5 aromatic rings. The Morgan fingerprint density at radius 1 is 0.933 bits per heavy atom. The fraction of sp³-hybridized carbons (Fsp3) is 0.278. The van der Waals surface area contributed by atoms with Gasteiger partial charge in [0.1, 0.15) is 6.04 Å². The maximum Gasteiger partial charge on any atom is 0.318 e. The number of hydrogen-bond acceptors (Lipinski definition) is 5. The molecule has 0 unspecified atom stereocenters. The summed E-state index contributed by atoms with van der Waals surface area (Å²) in [6.45, 7) is 5.37. The summed E-state index contributed by atoms with van der Waals surface area (Å²) in [6.07, 6.45) is 1.95. The number of aromatic amines is 1. The van der Waals surface area contributed by atoms with E-state index in [1.165, 1.54) is 0 Å². The van der Waals surface area contributed by atoms with Crippen LogP contribution in [0.4, 0.5) is 16.2 Å². The first kappa shape index (κ1) is 30.4. The van der Waals surface area contributed by atoms with E-state index in [0.717, 1.165) is 63.5 Å². The van der Waals surface area contributed by atoms with Crippen LogP contribution in [0.1, 0.15) is 24.0 Å². The van der Waals surface area contributed by atoms with Crippen LogP contribution >= 0.6 is 11.3 Å². The first-order valence-corrected chi connectivity index (χ1v) is 16.3. The Morgan fingerprint density at radius 3 is 2.42 bits per heavy atom. The average Bonchev–Trinajstić information content (AvgIpc) is 3.74. The van der Waals surface area contributed by atoms with Crippen LogP contribution in [-0.2, 0) is 11.3 Å². The minimum absolute atomic E-state index is 0.227. The zero-order valence-corrected chi connectivity index (χ0v) is 26.8. The van der Waals surface area contributed by atoms with Gasteiger partial charge in [-0.1, -0.05) is 61.5 Å².